The van der Waals surface area contributed by atoms with Gasteiger partial charge in [0.15, 0.2) is 5.82 Å². The van der Waals surface area contributed by atoms with Crippen LogP contribution in [0.2, 0.25) is 5.02 Å². The molecular weight excluding hydrogens is 282 g/mol. The van der Waals surface area contributed by atoms with E-state index in [4.69, 9.17) is 16.6 Å². The van der Waals surface area contributed by atoms with Crippen LogP contribution in [0.25, 0.3) is 11.3 Å². The minimum absolute atomic E-state index is 0.724. The number of hydrogen-bond acceptors (Lipinski definition) is 3. The maximum atomic E-state index is 6.08. The van der Waals surface area contributed by atoms with E-state index in [2.05, 4.69) is 29.5 Å². The Kier molecular flexibility index (Phi) is 3.84. The number of fused-ring (bicyclic) bond motifs is 1. The van der Waals surface area contributed by atoms with Crippen molar-refractivity contribution in [2.24, 2.45) is 0 Å². The van der Waals surface area contributed by atoms with E-state index in [1.165, 1.54) is 0 Å². The Morgan fingerprint density at radius 3 is 2.86 bits per heavy atom. The number of pyridine rings is 1. The third kappa shape index (κ3) is 2.74. The van der Waals surface area contributed by atoms with Gasteiger partial charge in [-0.15, -0.1) is 0 Å². The van der Waals surface area contributed by atoms with Gasteiger partial charge in [-0.1, -0.05) is 30.3 Å². The second-order valence-electron chi connectivity index (χ2n) is 5.20. The lowest BCUT2D eigenvalue weighted by molar-refractivity contribution is 0.802. The van der Waals surface area contributed by atoms with E-state index >= 15 is 0 Å². The monoisotopic (exact) mass is 299 g/mol. The van der Waals surface area contributed by atoms with Crippen molar-refractivity contribution in [2.45, 2.75) is 6.42 Å². The summed E-state index contributed by atoms with van der Waals surface area (Å²) in [5, 5.41) is 0.724. The number of benzene rings is 1. The molecule has 1 aliphatic heterocycles. The van der Waals surface area contributed by atoms with Crippen LogP contribution in [0, 0.1) is 0 Å². The van der Waals surface area contributed by atoms with Gasteiger partial charge in [-0.2, -0.15) is 0 Å². The summed E-state index contributed by atoms with van der Waals surface area (Å²) >= 11 is 6.08. The van der Waals surface area contributed by atoms with Crippen molar-refractivity contribution >= 4 is 23.1 Å². The van der Waals surface area contributed by atoms with Crippen LogP contribution >= 0.6 is 11.6 Å². The molecule has 4 heteroatoms. The van der Waals surface area contributed by atoms with Gasteiger partial charge < -0.3 is 9.80 Å². The standard InChI is InChI=1S/C17H18ClN3/c1-3-21-11-5-10-20(2)16-9-8-15(19-17(16)21)13-6-4-7-14(18)12-13/h3-4,6-9,12H,1,5,10-11H2,2H3. The fourth-order valence-electron chi connectivity index (χ4n) is 2.64. The van der Waals surface area contributed by atoms with E-state index < -0.39 is 0 Å². The molecule has 0 amide bonds. The molecule has 108 valence electrons. The molecule has 0 unspecified atom stereocenters. The highest BCUT2D eigenvalue weighted by Crippen LogP contribution is 2.33. The van der Waals surface area contributed by atoms with Gasteiger partial charge in [0.1, 0.15) is 0 Å². The minimum Gasteiger partial charge on any atom is -0.372 e. The second kappa shape index (κ2) is 5.78. The van der Waals surface area contributed by atoms with Crippen molar-refractivity contribution in [1.29, 1.82) is 0 Å². The minimum atomic E-state index is 0.724. The molecule has 0 saturated heterocycles. The smallest absolute Gasteiger partial charge is 0.156 e. The molecule has 3 nitrogen and oxygen atoms in total. The molecule has 21 heavy (non-hydrogen) atoms. The molecule has 0 radical (unpaired) electrons. The van der Waals surface area contributed by atoms with Gasteiger partial charge in [0.2, 0.25) is 0 Å². The van der Waals surface area contributed by atoms with Gasteiger partial charge >= 0.3 is 0 Å². The molecule has 0 atom stereocenters. The van der Waals surface area contributed by atoms with E-state index in [9.17, 15) is 0 Å². The Labute approximate surface area is 130 Å². The highest BCUT2D eigenvalue weighted by Gasteiger charge is 2.19. The molecule has 0 fully saturated rings. The normalized spacial score (nSPS) is 14.6. The average molecular weight is 300 g/mol. The molecule has 1 aromatic carbocycles. The number of anilines is 2. The fourth-order valence-corrected chi connectivity index (χ4v) is 2.83. The first-order valence-corrected chi connectivity index (χ1v) is 7.44. The molecule has 2 heterocycles. The molecule has 3 rings (SSSR count). The van der Waals surface area contributed by atoms with Crippen LogP contribution in [-0.2, 0) is 0 Å². The number of hydrogen-bond donors (Lipinski definition) is 0. The van der Waals surface area contributed by atoms with Crippen molar-refractivity contribution in [2.75, 3.05) is 29.9 Å². The summed E-state index contributed by atoms with van der Waals surface area (Å²) in [5.41, 5.74) is 3.10. The average Bonchev–Trinajstić information content (AvgIpc) is 2.66. The maximum absolute atomic E-state index is 6.08. The molecule has 0 N–H and O–H groups in total. The van der Waals surface area contributed by atoms with Crippen molar-refractivity contribution in [3.8, 4) is 11.3 Å². The van der Waals surface area contributed by atoms with Crippen LogP contribution in [0.1, 0.15) is 6.42 Å². The Bertz CT molecular complexity index is 669. The third-order valence-corrected chi connectivity index (χ3v) is 4.01. The third-order valence-electron chi connectivity index (χ3n) is 3.77. The second-order valence-corrected chi connectivity index (χ2v) is 5.64. The summed E-state index contributed by atoms with van der Waals surface area (Å²) in [6.07, 6.45) is 2.94. The van der Waals surface area contributed by atoms with Crippen LogP contribution in [0.15, 0.2) is 49.2 Å². The lowest BCUT2D eigenvalue weighted by Gasteiger charge is -2.22. The zero-order valence-corrected chi connectivity index (χ0v) is 12.8. The Morgan fingerprint density at radius 1 is 1.24 bits per heavy atom. The quantitative estimate of drug-likeness (QED) is 0.829. The number of nitrogens with zero attached hydrogens (tertiary/aromatic N) is 3. The van der Waals surface area contributed by atoms with Crippen molar-refractivity contribution in [3.05, 3.63) is 54.2 Å². The number of aromatic nitrogens is 1. The van der Waals surface area contributed by atoms with Gasteiger partial charge in [-0.05, 0) is 36.9 Å². The topological polar surface area (TPSA) is 19.4 Å². The van der Waals surface area contributed by atoms with Gasteiger partial charge in [-0.25, -0.2) is 4.98 Å². The highest BCUT2D eigenvalue weighted by molar-refractivity contribution is 6.30. The number of halogens is 1. The Balaban J connectivity index is 2.10. The first-order valence-electron chi connectivity index (χ1n) is 7.06. The molecular formula is C17H18ClN3. The van der Waals surface area contributed by atoms with E-state index in [0.29, 0.717) is 0 Å². The molecule has 2 aromatic rings. The first kappa shape index (κ1) is 14.0. The van der Waals surface area contributed by atoms with E-state index in [0.717, 1.165) is 47.3 Å². The molecule has 0 saturated carbocycles. The van der Waals surface area contributed by atoms with Crippen LogP contribution < -0.4 is 9.80 Å². The largest absolute Gasteiger partial charge is 0.372 e. The Morgan fingerprint density at radius 2 is 2.10 bits per heavy atom. The van der Waals surface area contributed by atoms with Crippen LogP contribution in [0.5, 0.6) is 0 Å². The highest BCUT2D eigenvalue weighted by atomic mass is 35.5. The SMILES string of the molecule is C=CN1CCCN(C)c2ccc(-c3cccc(Cl)c3)nc21. The molecule has 0 spiro atoms. The molecule has 1 aromatic heterocycles. The first-order chi connectivity index (χ1) is 10.2. The summed E-state index contributed by atoms with van der Waals surface area (Å²) in [6, 6.07) is 12.0. The zero-order chi connectivity index (χ0) is 14.8. The lowest BCUT2D eigenvalue weighted by atomic mass is 10.1. The van der Waals surface area contributed by atoms with E-state index in [1.54, 1.807) is 0 Å². The van der Waals surface area contributed by atoms with Crippen molar-refractivity contribution < 1.29 is 0 Å². The van der Waals surface area contributed by atoms with Crippen molar-refractivity contribution in [1.82, 2.24) is 4.98 Å². The van der Waals surface area contributed by atoms with Gasteiger partial charge in [0, 0.05) is 30.7 Å². The van der Waals surface area contributed by atoms with Gasteiger partial charge in [0.05, 0.1) is 11.4 Å². The van der Waals surface area contributed by atoms with Crippen LogP contribution in [0.3, 0.4) is 0 Å². The molecule has 0 bridgehead atoms. The molecule has 1 aliphatic rings. The fraction of sp³-hybridized carbons (Fsp3) is 0.235. The van der Waals surface area contributed by atoms with Gasteiger partial charge in [0.25, 0.3) is 0 Å². The van der Waals surface area contributed by atoms with E-state index in [-0.39, 0.29) is 0 Å². The van der Waals surface area contributed by atoms with Crippen molar-refractivity contribution in [3.63, 3.8) is 0 Å². The maximum Gasteiger partial charge on any atom is 0.156 e. The number of rotatable bonds is 2. The summed E-state index contributed by atoms with van der Waals surface area (Å²) in [6.45, 7) is 5.87. The zero-order valence-electron chi connectivity index (χ0n) is 12.1. The van der Waals surface area contributed by atoms with Crippen LogP contribution in [0.4, 0.5) is 11.5 Å². The molecule has 0 aliphatic carbocycles. The summed E-state index contributed by atoms with van der Waals surface area (Å²) in [7, 11) is 2.10. The summed E-state index contributed by atoms with van der Waals surface area (Å²) in [5.74, 6) is 0.961. The Hall–Kier alpha value is -2.00. The predicted octanol–water partition coefficient (Wildman–Crippen LogP) is 4.19. The summed E-state index contributed by atoms with van der Waals surface area (Å²) in [4.78, 5) is 9.20. The predicted molar refractivity (Wildman–Crippen MR) is 90.1 cm³/mol. The lowest BCUT2D eigenvalue weighted by Crippen LogP contribution is -2.17. The van der Waals surface area contributed by atoms with E-state index in [1.807, 2.05) is 36.5 Å². The van der Waals surface area contributed by atoms with Gasteiger partial charge in [-0.3, -0.25) is 0 Å². The summed E-state index contributed by atoms with van der Waals surface area (Å²) < 4.78 is 0. The van der Waals surface area contributed by atoms with Crippen LogP contribution in [-0.4, -0.2) is 25.1 Å².